The second-order valence-corrected chi connectivity index (χ2v) is 4.30. The summed E-state index contributed by atoms with van der Waals surface area (Å²) in [6.45, 7) is 2.93. The van der Waals surface area contributed by atoms with Gasteiger partial charge in [0.15, 0.2) is 0 Å². The van der Waals surface area contributed by atoms with Crippen molar-refractivity contribution >= 4 is 11.6 Å². The molecule has 2 rings (SSSR count). The van der Waals surface area contributed by atoms with Gasteiger partial charge in [0.25, 0.3) is 5.91 Å². The zero-order chi connectivity index (χ0) is 14.9. The number of carbonyl (C=O) groups excluding carboxylic acids is 1. The Morgan fingerprint density at radius 1 is 1.30 bits per heavy atom. The van der Waals surface area contributed by atoms with Gasteiger partial charge in [-0.15, -0.1) is 0 Å². The van der Waals surface area contributed by atoms with Crippen molar-refractivity contribution in [2.75, 3.05) is 5.32 Å². The lowest BCUT2D eigenvalue weighted by molar-refractivity contribution is -0.138. The molecule has 20 heavy (non-hydrogen) atoms. The number of carbonyl (C=O) groups is 1. The van der Waals surface area contributed by atoms with Crippen molar-refractivity contribution in [3.63, 3.8) is 0 Å². The second-order valence-electron chi connectivity index (χ2n) is 4.30. The molecule has 0 bridgehead atoms. The van der Waals surface area contributed by atoms with E-state index < -0.39 is 17.6 Å². The summed E-state index contributed by atoms with van der Waals surface area (Å²) in [6, 6.07) is 3.41. The van der Waals surface area contributed by atoms with Gasteiger partial charge >= 0.3 is 6.18 Å². The van der Waals surface area contributed by atoms with E-state index in [9.17, 15) is 18.0 Å². The molecular weight excluding hydrogens is 273 g/mol. The van der Waals surface area contributed by atoms with Crippen molar-refractivity contribution < 1.29 is 22.5 Å². The van der Waals surface area contributed by atoms with Crippen molar-refractivity contribution in [2.24, 2.45) is 0 Å². The highest BCUT2D eigenvalue weighted by Gasteiger charge is 2.32. The van der Waals surface area contributed by atoms with E-state index in [-0.39, 0.29) is 16.8 Å². The molecular formula is C13H11F3N2O2. The van der Waals surface area contributed by atoms with E-state index in [1.165, 1.54) is 25.3 Å². The van der Waals surface area contributed by atoms with Crippen LogP contribution in [0.2, 0.25) is 0 Å². The number of aryl methyl sites for hydroxylation is 2. The average molecular weight is 284 g/mol. The smallest absolute Gasteiger partial charge is 0.364 e. The molecule has 0 saturated carbocycles. The molecule has 0 fully saturated rings. The molecule has 0 radical (unpaired) electrons. The van der Waals surface area contributed by atoms with Crippen LogP contribution in [-0.4, -0.2) is 11.1 Å². The van der Waals surface area contributed by atoms with E-state index in [0.29, 0.717) is 5.69 Å². The highest BCUT2D eigenvalue weighted by Crippen LogP contribution is 2.32. The summed E-state index contributed by atoms with van der Waals surface area (Å²) in [4.78, 5) is 11.9. The quantitative estimate of drug-likeness (QED) is 0.917. The molecule has 1 heterocycles. The fourth-order valence-corrected chi connectivity index (χ4v) is 1.77. The largest absolute Gasteiger partial charge is 0.416 e. The summed E-state index contributed by atoms with van der Waals surface area (Å²) in [6.07, 6.45) is -3.22. The standard InChI is InChI=1S/C13H11F3N2O2/c1-7-5-9(3-4-11(7)13(14,15)16)17-12(19)10-6-20-18-8(10)2/h3-6H,1-2H3,(H,17,19). The molecule has 1 aromatic heterocycles. The van der Waals surface area contributed by atoms with Gasteiger partial charge in [-0.1, -0.05) is 5.16 Å². The topological polar surface area (TPSA) is 55.1 Å². The van der Waals surface area contributed by atoms with Gasteiger partial charge in [0.1, 0.15) is 11.8 Å². The molecule has 0 aliphatic carbocycles. The third kappa shape index (κ3) is 2.81. The van der Waals surface area contributed by atoms with Crippen LogP contribution in [0.15, 0.2) is 29.0 Å². The van der Waals surface area contributed by atoms with E-state index in [2.05, 4.69) is 15.0 Å². The number of anilines is 1. The van der Waals surface area contributed by atoms with Gasteiger partial charge in [0.05, 0.1) is 11.3 Å². The molecule has 1 aromatic carbocycles. The maximum Gasteiger partial charge on any atom is 0.416 e. The monoisotopic (exact) mass is 284 g/mol. The van der Waals surface area contributed by atoms with Crippen LogP contribution < -0.4 is 5.32 Å². The highest BCUT2D eigenvalue weighted by molar-refractivity contribution is 6.04. The summed E-state index contributed by atoms with van der Waals surface area (Å²) < 4.78 is 42.5. The molecule has 1 N–H and O–H groups in total. The summed E-state index contributed by atoms with van der Waals surface area (Å²) in [5.74, 6) is -0.483. The number of nitrogens with one attached hydrogen (secondary N) is 1. The van der Waals surface area contributed by atoms with Crippen molar-refractivity contribution in [3.05, 3.63) is 46.8 Å². The lowest BCUT2D eigenvalue weighted by Gasteiger charge is -2.12. The summed E-state index contributed by atoms with van der Waals surface area (Å²) in [5.41, 5.74) is 0.240. The number of hydrogen-bond acceptors (Lipinski definition) is 3. The predicted molar refractivity (Wildman–Crippen MR) is 65.4 cm³/mol. The maximum absolute atomic E-state index is 12.6. The fourth-order valence-electron chi connectivity index (χ4n) is 1.77. The predicted octanol–water partition coefficient (Wildman–Crippen LogP) is 3.56. The minimum absolute atomic E-state index is 0.0392. The van der Waals surface area contributed by atoms with E-state index in [4.69, 9.17) is 0 Å². The molecule has 0 atom stereocenters. The minimum Gasteiger partial charge on any atom is -0.364 e. The Morgan fingerprint density at radius 2 is 2.00 bits per heavy atom. The molecule has 0 spiro atoms. The van der Waals surface area contributed by atoms with Gasteiger partial charge < -0.3 is 9.84 Å². The molecule has 2 aromatic rings. The van der Waals surface area contributed by atoms with E-state index in [1.807, 2.05) is 0 Å². The third-order valence-electron chi connectivity index (χ3n) is 2.78. The number of amides is 1. The molecule has 0 saturated heterocycles. The van der Waals surface area contributed by atoms with Crippen LogP contribution in [0.5, 0.6) is 0 Å². The molecule has 0 aliphatic rings. The molecule has 1 amide bonds. The van der Waals surface area contributed by atoms with Gasteiger partial charge in [-0.25, -0.2) is 0 Å². The first-order valence-electron chi connectivity index (χ1n) is 5.69. The summed E-state index contributed by atoms with van der Waals surface area (Å²) in [5, 5.41) is 6.06. The van der Waals surface area contributed by atoms with Crippen LogP contribution in [0.4, 0.5) is 18.9 Å². The lowest BCUT2D eigenvalue weighted by atomic mass is 10.1. The Hall–Kier alpha value is -2.31. The van der Waals surface area contributed by atoms with Crippen LogP contribution in [0.3, 0.4) is 0 Å². The number of hydrogen-bond donors (Lipinski definition) is 1. The SMILES string of the molecule is Cc1cc(NC(=O)c2conc2C)ccc1C(F)(F)F. The summed E-state index contributed by atoms with van der Waals surface area (Å²) in [7, 11) is 0. The van der Waals surface area contributed by atoms with Crippen LogP contribution in [0.25, 0.3) is 0 Å². The zero-order valence-corrected chi connectivity index (χ0v) is 10.7. The third-order valence-corrected chi connectivity index (χ3v) is 2.78. The van der Waals surface area contributed by atoms with Gasteiger partial charge in [0.2, 0.25) is 0 Å². The number of benzene rings is 1. The average Bonchev–Trinajstić information content (AvgIpc) is 2.73. The first-order valence-corrected chi connectivity index (χ1v) is 5.69. The number of aromatic nitrogens is 1. The highest BCUT2D eigenvalue weighted by atomic mass is 19.4. The Balaban J connectivity index is 2.22. The first-order chi connectivity index (χ1) is 9.29. The van der Waals surface area contributed by atoms with Crippen molar-refractivity contribution in [2.45, 2.75) is 20.0 Å². The Bertz CT molecular complexity index is 647. The van der Waals surface area contributed by atoms with Crippen molar-refractivity contribution in [3.8, 4) is 0 Å². The zero-order valence-electron chi connectivity index (χ0n) is 10.7. The molecule has 0 unspecified atom stereocenters. The van der Waals surface area contributed by atoms with Crippen LogP contribution in [0.1, 0.15) is 27.2 Å². The fraction of sp³-hybridized carbons (Fsp3) is 0.231. The van der Waals surface area contributed by atoms with Crippen LogP contribution >= 0.6 is 0 Å². The molecule has 7 heteroatoms. The molecule has 4 nitrogen and oxygen atoms in total. The Labute approximate surface area is 112 Å². The number of alkyl halides is 3. The van der Waals surface area contributed by atoms with Gasteiger partial charge in [-0.05, 0) is 37.6 Å². The van der Waals surface area contributed by atoms with Gasteiger partial charge in [-0.2, -0.15) is 13.2 Å². The summed E-state index contributed by atoms with van der Waals surface area (Å²) >= 11 is 0. The number of rotatable bonds is 2. The van der Waals surface area contributed by atoms with E-state index in [0.717, 1.165) is 6.07 Å². The van der Waals surface area contributed by atoms with Crippen LogP contribution in [0, 0.1) is 13.8 Å². The van der Waals surface area contributed by atoms with Gasteiger partial charge in [0, 0.05) is 5.69 Å². The first kappa shape index (κ1) is 14.1. The number of nitrogens with zero attached hydrogens (tertiary/aromatic N) is 1. The lowest BCUT2D eigenvalue weighted by Crippen LogP contribution is -2.13. The molecule has 106 valence electrons. The van der Waals surface area contributed by atoms with Gasteiger partial charge in [-0.3, -0.25) is 4.79 Å². The number of halogens is 3. The van der Waals surface area contributed by atoms with Crippen molar-refractivity contribution in [1.29, 1.82) is 0 Å². The molecule has 0 aliphatic heterocycles. The normalized spacial score (nSPS) is 11.4. The van der Waals surface area contributed by atoms with Crippen LogP contribution in [-0.2, 0) is 6.18 Å². The van der Waals surface area contributed by atoms with E-state index >= 15 is 0 Å². The van der Waals surface area contributed by atoms with Crippen molar-refractivity contribution in [1.82, 2.24) is 5.16 Å². The second kappa shape index (κ2) is 4.99. The minimum atomic E-state index is -4.41. The Morgan fingerprint density at radius 3 is 2.50 bits per heavy atom. The Kier molecular flexibility index (Phi) is 3.52. The maximum atomic E-state index is 12.6. The van der Waals surface area contributed by atoms with E-state index in [1.54, 1.807) is 6.92 Å².